The molecule has 0 aliphatic heterocycles. The Morgan fingerprint density at radius 2 is 1.91 bits per heavy atom. The Hall–Kier alpha value is -2.14. The van der Waals surface area contributed by atoms with Crippen molar-refractivity contribution in [2.24, 2.45) is 0 Å². The third-order valence-electron chi connectivity index (χ3n) is 4.12. The second-order valence-corrected chi connectivity index (χ2v) is 6.53. The molecule has 1 aromatic heterocycles. The van der Waals surface area contributed by atoms with Gasteiger partial charge in [0.2, 0.25) is 0 Å². The van der Waals surface area contributed by atoms with Crippen LogP contribution in [0.4, 0.5) is 5.82 Å². The lowest BCUT2D eigenvalue weighted by Gasteiger charge is -2.41. The molecule has 1 saturated carbocycles. The molecule has 0 atom stereocenters. The number of aryl methyl sites for hydroxylation is 2. The van der Waals surface area contributed by atoms with Gasteiger partial charge < -0.3 is 15.5 Å². The molecule has 116 valence electrons. The van der Waals surface area contributed by atoms with Gasteiger partial charge in [-0.25, -0.2) is 0 Å². The van der Waals surface area contributed by atoms with E-state index in [0.29, 0.717) is 29.9 Å². The maximum Gasteiger partial charge on any atom is 0.149 e. The maximum absolute atomic E-state index is 10.1. The fourth-order valence-corrected chi connectivity index (χ4v) is 2.98. The molecular formula is C17H21N3O2. The van der Waals surface area contributed by atoms with Crippen molar-refractivity contribution in [3.8, 4) is 17.0 Å². The van der Waals surface area contributed by atoms with Gasteiger partial charge in [0.15, 0.2) is 0 Å². The minimum Gasteiger partial charge on any atom is -0.507 e. The number of aromatic hydroxyl groups is 1. The Labute approximate surface area is 130 Å². The summed E-state index contributed by atoms with van der Waals surface area (Å²) < 4.78 is 0. The molecule has 0 bridgehead atoms. The molecule has 5 nitrogen and oxygen atoms in total. The number of phenolic OH excluding ortho intramolecular Hbond substituents is 1. The van der Waals surface area contributed by atoms with Crippen molar-refractivity contribution >= 4 is 5.82 Å². The molecule has 1 fully saturated rings. The summed E-state index contributed by atoms with van der Waals surface area (Å²) in [4.78, 5) is 0. The van der Waals surface area contributed by atoms with Gasteiger partial charge in [-0.15, -0.1) is 10.2 Å². The van der Waals surface area contributed by atoms with Crippen molar-refractivity contribution < 1.29 is 10.2 Å². The third kappa shape index (κ3) is 2.90. The van der Waals surface area contributed by atoms with Crippen molar-refractivity contribution in [2.75, 3.05) is 5.32 Å². The zero-order valence-electron chi connectivity index (χ0n) is 13.1. The van der Waals surface area contributed by atoms with Gasteiger partial charge in [-0.05, 0) is 62.9 Å². The summed E-state index contributed by atoms with van der Waals surface area (Å²) in [6.45, 7) is 5.72. The van der Waals surface area contributed by atoms with E-state index in [1.165, 1.54) is 0 Å². The Kier molecular flexibility index (Phi) is 3.53. The Morgan fingerprint density at radius 3 is 2.50 bits per heavy atom. The fraction of sp³-hybridized carbons (Fsp3) is 0.412. The van der Waals surface area contributed by atoms with Crippen LogP contribution in [0.3, 0.4) is 0 Å². The van der Waals surface area contributed by atoms with Crippen LogP contribution in [0.15, 0.2) is 24.3 Å². The van der Waals surface area contributed by atoms with E-state index in [1.54, 1.807) is 6.07 Å². The Balaban J connectivity index is 1.80. The number of rotatable bonds is 3. The highest BCUT2D eigenvalue weighted by Gasteiger charge is 2.38. The number of phenols is 1. The summed E-state index contributed by atoms with van der Waals surface area (Å²) >= 11 is 0. The minimum atomic E-state index is -0.562. The smallest absolute Gasteiger partial charge is 0.149 e. The van der Waals surface area contributed by atoms with Crippen LogP contribution in [0.25, 0.3) is 11.3 Å². The van der Waals surface area contributed by atoms with E-state index in [2.05, 4.69) is 15.5 Å². The van der Waals surface area contributed by atoms with Gasteiger partial charge in [0.05, 0.1) is 11.3 Å². The lowest BCUT2D eigenvalue weighted by atomic mass is 9.77. The standard InChI is InChI=1S/C17H21N3O2/c1-10-4-5-13(14(21)6-10)16-11(2)7-15(19-20-16)18-12-8-17(3,22)9-12/h4-7,12,21-22H,8-9H2,1-3H3,(H,18,19). The van der Waals surface area contributed by atoms with Crippen molar-refractivity contribution in [1.29, 1.82) is 0 Å². The molecule has 1 aliphatic rings. The third-order valence-corrected chi connectivity index (χ3v) is 4.12. The first kappa shape index (κ1) is 14.8. The summed E-state index contributed by atoms with van der Waals surface area (Å²) in [6.07, 6.45) is 1.43. The zero-order valence-corrected chi connectivity index (χ0v) is 13.1. The maximum atomic E-state index is 10.1. The average molecular weight is 299 g/mol. The molecule has 3 rings (SSSR count). The largest absolute Gasteiger partial charge is 0.507 e. The number of aromatic nitrogens is 2. The van der Waals surface area contributed by atoms with Crippen LogP contribution in [0, 0.1) is 13.8 Å². The van der Waals surface area contributed by atoms with Crippen LogP contribution in [0.5, 0.6) is 5.75 Å². The topological polar surface area (TPSA) is 78.3 Å². The van der Waals surface area contributed by atoms with Crippen LogP contribution >= 0.6 is 0 Å². The summed E-state index contributed by atoms with van der Waals surface area (Å²) in [5.41, 5.74) is 2.76. The monoisotopic (exact) mass is 299 g/mol. The number of benzene rings is 1. The molecule has 0 radical (unpaired) electrons. The van der Waals surface area contributed by atoms with Crippen LogP contribution in [-0.2, 0) is 0 Å². The van der Waals surface area contributed by atoms with Gasteiger partial charge in [0.25, 0.3) is 0 Å². The van der Waals surface area contributed by atoms with E-state index in [1.807, 2.05) is 39.0 Å². The first-order valence-electron chi connectivity index (χ1n) is 7.47. The molecule has 22 heavy (non-hydrogen) atoms. The molecule has 0 amide bonds. The highest BCUT2D eigenvalue weighted by Crippen LogP contribution is 2.34. The molecule has 3 N–H and O–H groups in total. The lowest BCUT2D eigenvalue weighted by Crippen LogP contribution is -2.48. The van der Waals surface area contributed by atoms with Crippen molar-refractivity contribution in [2.45, 2.75) is 45.3 Å². The van der Waals surface area contributed by atoms with Crippen molar-refractivity contribution in [3.63, 3.8) is 0 Å². The molecule has 1 aliphatic carbocycles. The van der Waals surface area contributed by atoms with Crippen LogP contribution in [0.1, 0.15) is 30.9 Å². The number of hydrogen-bond acceptors (Lipinski definition) is 5. The van der Waals surface area contributed by atoms with Gasteiger partial charge >= 0.3 is 0 Å². The van der Waals surface area contributed by atoms with Gasteiger partial charge in [0, 0.05) is 11.6 Å². The van der Waals surface area contributed by atoms with E-state index in [4.69, 9.17) is 0 Å². The summed E-state index contributed by atoms with van der Waals surface area (Å²) in [5, 5.41) is 31.6. The Morgan fingerprint density at radius 1 is 1.18 bits per heavy atom. The van der Waals surface area contributed by atoms with E-state index < -0.39 is 5.60 Å². The predicted molar refractivity (Wildman–Crippen MR) is 85.9 cm³/mol. The van der Waals surface area contributed by atoms with Gasteiger partial charge in [0.1, 0.15) is 11.6 Å². The molecule has 1 heterocycles. The van der Waals surface area contributed by atoms with Crippen molar-refractivity contribution in [3.05, 3.63) is 35.4 Å². The molecule has 0 unspecified atom stereocenters. The van der Waals surface area contributed by atoms with Crippen LogP contribution < -0.4 is 5.32 Å². The summed E-state index contributed by atoms with van der Waals surface area (Å²) in [6, 6.07) is 7.69. The second kappa shape index (κ2) is 5.25. The van der Waals surface area contributed by atoms with Gasteiger partial charge in [-0.2, -0.15) is 0 Å². The molecule has 0 spiro atoms. The number of anilines is 1. The summed E-state index contributed by atoms with van der Waals surface area (Å²) in [5.74, 6) is 0.918. The van der Waals surface area contributed by atoms with E-state index >= 15 is 0 Å². The second-order valence-electron chi connectivity index (χ2n) is 6.53. The number of hydrogen-bond donors (Lipinski definition) is 3. The van der Waals surface area contributed by atoms with Gasteiger partial charge in [-0.3, -0.25) is 0 Å². The number of nitrogens with one attached hydrogen (secondary N) is 1. The molecule has 2 aromatic rings. The highest BCUT2D eigenvalue weighted by atomic mass is 16.3. The predicted octanol–water partition coefficient (Wildman–Crippen LogP) is 2.79. The van der Waals surface area contributed by atoms with Gasteiger partial charge in [-0.1, -0.05) is 6.07 Å². The molecule has 5 heteroatoms. The van der Waals surface area contributed by atoms with Crippen LogP contribution in [0.2, 0.25) is 0 Å². The number of nitrogens with zero attached hydrogens (tertiary/aromatic N) is 2. The Bertz CT molecular complexity index is 705. The normalized spacial score (nSPS) is 23.9. The van der Waals surface area contributed by atoms with E-state index in [-0.39, 0.29) is 11.8 Å². The lowest BCUT2D eigenvalue weighted by molar-refractivity contribution is -0.0235. The fourth-order valence-electron chi connectivity index (χ4n) is 2.98. The summed E-state index contributed by atoms with van der Waals surface area (Å²) in [7, 11) is 0. The van der Waals surface area contributed by atoms with Crippen LogP contribution in [-0.4, -0.2) is 32.1 Å². The van der Waals surface area contributed by atoms with E-state index in [9.17, 15) is 10.2 Å². The molecule has 1 aromatic carbocycles. The van der Waals surface area contributed by atoms with E-state index in [0.717, 1.165) is 11.1 Å². The quantitative estimate of drug-likeness (QED) is 0.812. The SMILES string of the molecule is Cc1ccc(-c2nnc(NC3CC(C)(O)C3)cc2C)c(O)c1. The molecular weight excluding hydrogens is 278 g/mol. The average Bonchev–Trinajstić information content (AvgIpc) is 2.38. The number of aliphatic hydroxyl groups is 1. The first-order valence-corrected chi connectivity index (χ1v) is 7.47. The molecule has 0 saturated heterocycles. The first-order chi connectivity index (χ1) is 10.3. The zero-order chi connectivity index (χ0) is 15.9. The highest BCUT2D eigenvalue weighted by molar-refractivity contribution is 5.70. The minimum absolute atomic E-state index is 0.216. The van der Waals surface area contributed by atoms with Crippen molar-refractivity contribution in [1.82, 2.24) is 10.2 Å².